The summed E-state index contributed by atoms with van der Waals surface area (Å²) in [6.07, 6.45) is 9.43. The van der Waals surface area contributed by atoms with Crippen molar-refractivity contribution in [3.8, 4) is 0 Å². The van der Waals surface area contributed by atoms with Gasteiger partial charge in [-0.05, 0) is 49.3 Å². The van der Waals surface area contributed by atoms with Crippen molar-refractivity contribution in [2.24, 2.45) is 0 Å². The zero-order valence-electron chi connectivity index (χ0n) is 20.6. The number of carbonyl (C=O) groups is 1. The number of hydrogen-bond donors (Lipinski definition) is 1. The Morgan fingerprint density at radius 1 is 1.19 bits per heavy atom. The third-order valence-electron chi connectivity index (χ3n) is 6.49. The van der Waals surface area contributed by atoms with Crippen molar-refractivity contribution in [1.29, 1.82) is 0 Å². The number of hydrogen-bond acceptors (Lipinski definition) is 7. The number of aromatic nitrogens is 4. The smallest absolute Gasteiger partial charge is 0.271 e. The standard InChI is InChI=1S/C27H30FN7O2/c1-2-5-20(28)9-10-22-7-4-13-34(22)26-12-11-24-29-19-23(35(24)32-26)27(36)30-18-21-6-3-8-25(31-21)33-14-16-37-17-15-33/h2-3,5-6,8-12,19,22H,1,4,7,13-18H2,(H,30,36). The first kappa shape index (κ1) is 24.6. The Hall–Kier alpha value is -4.05. The summed E-state index contributed by atoms with van der Waals surface area (Å²) in [4.78, 5) is 26.4. The van der Waals surface area contributed by atoms with Crippen LogP contribution in [0.3, 0.4) is 0 Å². The Kier molecular flexibility index (Phi) is 7.55. The topological polar surface area (TPSA) is 87.9 Å². The fraction of sp³-hybridized carbons (Fsp3) is 0.333. The normalized spacial score (nSPS) is 18.6. The molecule has 0 aliphatic carbocycles. The highest BCUT2D eigenvalue weighted by Crippen LogP contribution is 2.25. The summed E-state index contributed by atoms with van der Waals surface area (Å²) < 4.78 is 20.8. The molecule has 2 aliphatic rings. The summed E-state index contributed by atoms with van der Waals surface area (Å²) in [7, 11) is 0. The lowest BCUT2D eigenvalue weighted by atomic mass is 10.2. The van der Waals surface area contributed by atoms with Gasteiger partial charge in [0.25, 0.3) is 5.91 Å². The molecule has 10 heteroatoms. The number of fused-ring (bicyclic) bond motifs is 1. The minimum Gasteiger partial charge on any atom is -0.378 e. The van der Waals surface area contributed by atoms with Crippen molar-refractivity contribution in [2.45, 2.75) is 25.4 Å². The SMILES string of the molecule is C=CC=C(F)C=CC1CCCN1c1ccc2ncc(C(=O)NCc3cccc(N4CCOCC4)n3)n2n1. The van der Waals surface area contributed by atoms with E-state index in [1.165, 1.54) is 24.4 Å². The van der Waals surface area contributed by atoms with Gasteiger partial charge in [0.05, 0.1) is 31.6 Å². The Balaban J connectivity index is 1.29. The zero-order valence-corrected chi connectivity index (χ0v) is 20.6. The molecule has 1 unspecified atom stereocenters. The van der Waals surface area contributed by atoms with Gasteiger partial charge in [0.1, 0.15) is 17.5 Å². The first-order chi connectivity index (χ1) is 18.1. The summed E-state index contributed by atoms with van der Waals surface area (Å²) in [6, 6.07) is 9.54. The molecule has 1 N–H and O–H groups in total. The summed E-state index contributed by atoms with van der Waals surface area (Å²) >= 11 is 0. The van der Waals surface area contributed by atoms with Crippen LogP contribution < -0.4 is 15.1 Å². The van der Waals surface area contributed by atoms with Gasteiger partial charge >= 0.3 is 0 Å². The van der Waals surface area contributed by atoms with E-state index < -0.39 is 0 Å². The lowest BCUT2D eigenvalue weighted by molar-refractivity contribution is 0.0943. The summed E-state index contributed by atoms with van der Waals surface area (Å²) in [5, 5.41) is 7.65. The first-order valence-corrected chi connectivity index (χ1v) is 12.5. The molecule has 0 bridgehead atoms. The highest BCUT2D eigenvalue weighted by Gasteiger charge is 2.25. The molecule has 37 heavy (non-hydrogen) atoms. The van der Waals surface area contributed by atoms with E-state index in [0.717, 1.165) is 44.0 Å². The predicted octanol–water partition coefficient (Wildman–Crippen LogP) is 3.46. The molecule has 2 saturated heterocycles. The van der Waals surface area contributed by atoms with Crippen LogP contribution in [0.5, 0.6) is 0 Å². The van der Waals surface area contributed by atoms with Gasteiger partial charge in [-0.3, -0.25) is 4.79 Å². The van der Waals surface area contributed by atoms with Crippen LogP contribution in [-0.2, 0) is 11.3 Å². The lowest BCUT2D eigenvalue weighted by Gasteiger charge is -2.28. The van der Waals surface area contributed by atoms with Crippen LogP contribution in [0.1, 0.15) is 29.0 Å². The highest BCUT2D eigenvalue weighted by atomic mass is 19.1. The molecule has 5 rings (SSSR count). The van der Waals surface area contributed by atoms with Crippen LogP contribution >= 0.6 is 0 Å². The number of pyridine rings is 1. The van der Waals surface area contributed by atoms with E-state index in [9.17, 15) is 9.18 Å². The summed E-state index contributed by atoms with van der Waals surface area (Å²) in [6.45, 7) is 7.56. The second-order valence-corrected chi connectivity index (χ2v) is 8.92. The van der Waals surface area contributed by atoms with E-state index in [0.29, 0.717) is 30.4 Å². The number of allylic oxidation sites excluding steroid dienone is 4. The van der Waals surface area contributed by atoms with Crippen LogP contribution in [0, 0.1) is 0 Å². The van der Waals surface area contributed by atoms with E-state index in [1.807, 2.05) is 36.4 Å². The molecular formula is C27H30FN7O2. The van der Waals surface area contributed by atoms with Crippen LogP contribution in [0.15, 0.2) is 73.2 Å². The Labute approximate surface area is 215 Å². The molecule has 5 heterocycles. The van der Waals surface area contributed by atoms with Crippen molar-refractivity contribution < 1.29 is 13.9 Å². The number of nitrogens with zero attached hydrogens (tertiary/aromatic N) is 6. The third kappa shape index (κ3) is 5.69. The number of anilines is 2. The molecule has 2 fully saturated rings. The Morgan fingerprint density at radius 3 is 2.89 bits per heavy atom. The van der Waals surface area contributed by atoms with Gasteiger partial charge in [-0.2, -0.15) is 0 Å². The van der Waals surface area contributed by atoms with Gasteiger partial charge < -0.3 is 19.9 Å². The number of amides is 1. The predicted molar refractivity (Wildman–Crippen MR) is 140 cm³/mol. The number of morpholine rings is 1. The summed E-state index contributed by atoms with van der Waals surface area (Å²) in [5.74, 6) is 0.957. The molecule has 0 aromatic carbocycles. The van der Waals surface area contributed by atoms with E-state index in [1.54, 1.807) is 4.52 Å². The molecule has 3 aromatic rings. The van der Waals surface area contributed by atoms with E-state index in [-0.39, 0.29) is 24.3 Å². The number of nitrogens with one attached hydrogen (secondary N) is 1. The minimum absolute atomic E-state index is 0.0135. The van der Waals surface area contributed by atoms with Crippen LogP contribution in [0.2, 0.25) is 0 Å². The Bertz CT molecular complexity index is 1330. The summed E-state index contributed by atoms with van der Waals surface area (Å²) in [5.41, 5.74) is 1.68. The largest absolute Gasteiger partial charge is 0.378 e. The second kappa shape index (κ2) is 11.3. The number of imidazole rings is 1. The molecule has 0 spiro atoms. The number of carbonyl (C=O) groups excluding carboxylic acids is 1. The maximum absolute atomic E-state index is 13.8. The average molecular weight is 504 g/mol. The lowest BCUT2D eigenvalue weighted by Crippen LogP contribution is -2.37. The third-order valence-corrected chi connectivity index (χ3v) is 6.49. The molecule has 3 aromatic heterocycles. The number of ether oxygens (including phenoxy) is 1. The van der Waals surface area contributed by atoms with E-state index in [4.69, 9.17) is 14.8 Å². The van der Waals surface area contributed by atoms with E-state index in [2.05, 4.69) is 26.7 Å². The van der Waals surface area contributed by atoms with Gasteiger partial charge in [0, 0.05) is 25.7 Å². The van der Waals surface area contributed by atoms with Crippen molar-refractivity contribution in [3.05, 3.63) is 84.6 Å². The van der Waals surface area contributed by atoms with Crippen molar-refractivity contribution in [3.63, 3.8) is 0 Å². The zero-order chi connectivity index (χ0) is 25.6. The van der Waals surface area contributed by atoms with Crippen molar-refractivity contribution >= 4 is 23.2 Å². The second-order valence-electron chi connectivity index (χ2n) is 8.92. The molecule has 0 radical (unpaired) electrons. The monoisotopic (exact) mass is 503 g/mol. The van der Waals surface area contributed by atoms with Crippen LogP contribution in [-0.4, -0.2) is 64.4 Å². The highest BCUT2D eigenvalue weighted by molar-refractivity contribution is 5.93. The van der Waals surface area contributed by atoms with Crippen LogP contribution in [0.25, 0.3) is 5.65 Å². The Morgan fingerprint density at radius 2 is 2.05 bits per heavy atom. The van der Waals surface area contributed by atoms with Gasteiger partial charge in [-0.15, -0.1) is 5.10 Å². The maximum Gasteiger partial charge on any atom is 0.271 e. The fourth-order valence-corrected chi connectivity index (χ4v) is 4.62. The molecule has 2 aliphatic heterocycles. The molecule has 1 amide bonds. The molecule has 1 atom stereocenters. The number of halogens is 1. The van der Waals surface area contributed by atoms with Crippen LogP contribution in [0.4, 0.5) is 16.0 Å². The quantitative estimate of drug-likeness (QED) is 0.471. The average Bonchev–Trinajstić information content (AvgIpc) is 3.58. The van der Waals surface area contributed by atoms with Gasteiger partial charge in [0.2, 0.25) is 0 Å². The molecule has 9 nitrogen and oxygen atoms in total. The maximum atomic E-state index is 13.8. The van der Waals surface area contributed by atoms with E-state index >= 15 is 0 Å². The molecule has 192 valence electrons. The first-order valence-electron chi connectivity index (χ1n) is 12.5. The van der Waals surface area contributed by atoms with Crippen molar-refractivity contribution in [2.75, 3.05) is 42.6 Å². The number of rotatable bonds is 8. The molecular weight excluding hydrogens is 473 g/mol. The minimum atomic E-state index is -0.344. The fourth-order valence-electron chi connectivity index (χ4n) is 4.62. The van der Waals surface area contributed by atoms with Gasteiger partial charge in [-0.1, -0.05) is 24.8 Å². The van der Waals surface area contributed by atoms with Gasteiger partial charge in [-0.25, -0.2) is 18.9 Å². The molecule has 0 saturated carbocycles. The van der Waals surface area contributed by atoms with Crippen molar-refractivity contribution in [1.82, 2.24) is 24.9 Å². The van der Waals surface area contributed by atoms with Gasteiger partial charge in [0.15, 0.2) is 11.3 Å².